The van der Waals surface area contributed by atoms with Crippen LogP contribution in [0.25, 0.3) is 0 Å². The molecule has 2 unspecified atom stereocenters. The van der Waals surface area contributed by atoms with Crippen molar-refractivity contribution < 1.29 is 19.1 Å². The molecule has 1 aromatic heterocycles. The van der Waals surface area contributed by atoms with Gasteiger partial charge in [-0.05, 0) is 54.8 Å². The van der Waals surface area contributed by atoms with Gasteiger partial charge in [0, 0.05) is 42.9 Å². The molecular formula is C27H28N4O5. The molecule has 0 spiro atoms. The molecule has 2 aromatic carbocycles. The Morgan fingerprint density at radius 3 is 2.36 bits per heavy atom. The van der Waals surface area contributed by atoms with E-state index in [1.807, 2.05) is 11.0 Å². The number of carbonyl (C=O) groups excluding carboxylic acids is 2. The normalized spacial score (nSPS) is 18.1. The summed E-state index contributed by atoms with van der Waals surface area (Å²) in [6.45, 7) is 1.55. The summed E-state index contributed by atoms with van der Waals surface area (Å²) >= 11 is 0. The highest BCUT2D eigenvalue weighted by molar-refractivity contribution is 6.01. The molecule has 2 aliphatic heterocycles. The van der Waals surface area contributed by atoms with Crippen LogP contribution in [0.15, 0.2) is 65.5 Å². The fourth-order valence-electron chi connectivity index (χ4n) is 5.23. The summed E-state index contributed by atoms with van der Waals surface area (Å²) in [6.07, 6.45) is 0.846. The maximum atomic E-state index is 13.3. The highest BCUT2D eigenvalue weighted by Crippen LogP contribution is 2.39. The van der Waals surface area contributed by atoms with Crippen LogP contribution in [0, 0.1) is 5.92 Å². The number of anilines is 2. The van der Waals surface area contributed by atoms with Gasteiger partial charge in [0.15, 0.2) is 0 Å². The predicted molar refractivity (Wildman–Crippen MR) is 136 cm³/mol. The third-order valence-electron chi connectivity index (χ3n) is 6.82. The van der Waals surface area contributed by atoms with Crippen molar-refractivity contribution in [2.75, 3.05) is 37.9 Å². The number of piperidine rings is 1. The minimum Gasteiger partial charge on any atom is -0.497 e. The van der Waals surface area contributed by atoms with Crippen molar-refractivity contribution in [2.24, 2.45) is 5.92 Å². The summed E-state index contributed by atoms with van der Waals surface area (Å²) in [5.41, 5.74) is 2.33. The standard InChI is InChI=1S/C27H28N4O5/c1-35-20-9-7-18(8-10-20)26(33)30-14-17-13-19(16-30)25-22(11-12-24(32)31(25)15-17)29-27(34)28-21-5-3-4-6-23(21)36-2/h3-12,17,19H,13-16H2,1-2H3,(H2,28,29,34). The number of rotatable bonds is 5. The number of nitrogens with one attached hydrogen (secondary N) is 2. The average molecular weight is 489 g/mol. The maximum Gasteiger partial charge on any atom is 0.323 e. The molecular weight excluding hydrogens is 460 g/mol. The minimum absolute atomic E-state index is 0.0532. The van der Waals surface area contributed by atoms with Gasteiger partial charge in [0.05, 0.1) is 25.6 Å². The third kappa shape index (κ3) is 4.51. The van der Waals surface area contributed by atoms with Crippen LogP contribution in [0.2, 0.25) is 0 Å². The molecule has 36 heavy (non-hydrogen) atoms. The first-order valence-electron chi connectivity index (χ1n) is 11.8. The van der Waals surface area contributed by atoms with Gasteiger partial charge in [-0.2, -0.15) is 0 Å². The Kier molecular flexibility index (Phi) is 6.37. The van der Waals surface area contributed by atoms with Gasteiger partial charge in [0.2, 0.25) is 0 Å². The molecule has 3 heterocycles. The van der Waals surface area contributed by atoms with E-state index in [0.717, 1.165) is 12.1 Å². The molecule has 0 aliphatic carbocycles. The zero-order valence-corrected chi connectivity index (χ0v) is 20.2. The molecule has 1 fully saturated rings. The van der Waals surface area contributed by atoms with Crippen molar-refractivity contribution in [3.05, 3.63) is 82.3 Å². The molecule has 1 saturated heterocycles. The van der Waals surface area contributed by atoms with Gasteiger partial charge in [-0.3, -0.25) is 9.59 Å². The first-order valence-corrected chi connectivity index (χ1v) is 11.8. The van der Waals surface area contributed by atoms with Gasteiger partial charge < -0.3 is 29.6 Å². The van der Waals surface area contributed by atoms with Gasteiger partial charge in [-0.15, -0.1) is 0 Å². The number of fused-ring (bicyclic) bond motifs is 4. The topological polar surface area (TPSA) is 102 Å². The molecule has 2 aliphatic rings. The summed E-state index contributed by atoms with van der Waals surface area (Å²) in [6, 6.07) is 16.9. The van der Waals surface area contributed by atoms with E-state index < -0.39 is 6.03 Å². The number of methoxy groups -OCH3 is 2. The van der Waals surface area contributed by atoms with Crippen molar-refractivity contribution in [2.45, 2.75) is 18.9 Å². The molecule has 5 rings (SSSR count). The number of nitrogens with zero attached hydrogens (tertiary/aromatic N) is 2. The van der Waals surface area contributed by atoms with E-state index >= 15 is 0 Å². The van der Waals surface area contributed by atoms with E-state index in [1.165, 1.54) is 13.2 Å². The summed E-state index contributed by atoms with van der Waals surface area (Å²) in [7, 11) is 3.13. The molecule has 2 bridgehead atoms. The number of benzene rings is 2. The fourth-order valence-corrected chi connectivity index (χ4v) is 5.23. The third-order valence-corrected chi connectivity index (χ3v) is 6.82. The lowest BCUT2D eigenvalue weighted by Gasteiger charge is -2.43. The smallest absolute Gasteiger partial charge is 0.323 e. The van der Waals surface area contributed by atoms with Crippen LogP contribution in [0.5, 0.6) is 11.5 Å². The molecule has 9 heteroatoms. The number of hydrogen-bond acceptors (Lipinski definition) is 5. The monoisotopic (exact) mass is 488 g/mol. The van der Waals surface area contributed by atoms with E-state index in [9.17, 15) is 14.4 Å². The number of para-hydroxylation sites is 2. The predicted octanol–water partition coefficient (Wildman–Crippen LogP) is 3.77. The zero-order chi connectivity index (χ0) is 25.2. The quantitative estimate of drug-likeness (QED) is 0.569. The number of ether oxygens (including phenoxy) is 2. The van der Waals surface area contributed by atoms with Crippen LogP contribution in [-0.2, 0) is 6.54 Å². The maximum absolute atomic E-state index is 13.3. The first kappa shape index (κ1) is 23.5. The van der Waals surface area contributed by atoms with Crippen molar-refractivity contribution in [1.29, 1.82) is 0 Å². The Morgan fingerprint density at radius 2 is 1.61 bits per heavy atom. The van der Waals surface area contributed by atoms with Gasteiger partial charge in [-0.1, -0.05) is 12.1 Å². The Bertz CT molecular complexity index is 1350. The summed E-state index contributed by atoms with van der Waals surface area (Å²) in [5, 5.41) is 5.71. The Balaban J connectivity index is 1.38. The molecule has 9 nitrogen and oxygen atoms in total. The highest BCUT2D eigenvalue weighted by atomic mass is 16.5. The first-order chi connectivity index (χ1) is 17.5. The number of likely N-dealkylation sites (tertiary alicyclic amines) is 1. The Hall–Kier alpha value is -4.27. The SMILES string of the molecule is COc1ccc(C(=O)N2CC3CC(C2)c2c(NC(=O)Nc4ccccc4OC)ccc(=O)n2C3)cc1. The summed E-state index contributed by atoms with van der Waals surface area (Å²) < 4.78 is 12.2. The summed E-state index contributed by atoms with van der Waals surface area (Å²) in [4.78, 5) is 40.7. The van der Waals surface area contributed by atoms with Gasteiger partial charge in [0.25, 0.3) is 11.5 Å². The average Bonchev–Trinajstić information content (AvgIpc) is 2.90. The molecule has 2 N–H and O–H groups in total. The number of pyridine rings is 1. The number of hydrogen-bond donors (Lipinski definition) is 2. The van der Waals surface area contributed by atoms with Crippen LogP contribution in [0.3, 0.4) is 0 Å². The van der Waals surface area contributed by atoms with Gasteiger partial charge in [0.1, 0.15) is 11.5 Å². The Labute approximate surface area is 208 Å². The molecule has 3 aromatic rings. The molecule has 3 amide bonds. The van der Waals surface area contributed by atoms with Crippen molar-refractivity contribution in [3.8, 4) is 11.5 Å². The number of amides is 3. The molecule has 0 saturated carbocycles. The van der Waals surface area contributed by atoms with E-state index in [4.69, 9.17) is 9.47 Å². The van der Waals surface area contributed by atoms with Gasteiger partial charge in [-0.25, -0.2) is 4.79 Å². The Morgan fingerprint density at radius 1 is 0.861 bits per heavy atom. The zero-order valence-electron chi connectivity index (χ0n) is 20.2. The van der Waals surface area contributed by atoms with Crippen molar-refractivity contribution in [1.82, 2.24) is 9.47 Å². The van der Waals surface area contributed by atoms with Crippen LogP contribution in [-0.4, -0.2) is 48.7 Å². The minimum atomic E-state index is -0.440. The number of urea groups is 1. The number of carbonyl (C=O) groups is 2. The second kappa shape index (κ2) is 9.77. The summed E-state index contributed by atoms with van der Waals surface area (Å²) in [5.74, 6) is 1.27. The van der Waals surface area contributed by atoms with E-state index in [0.29, 0.717) is 48.1 Å². The fraction of sp³-hybridized carbons (Fsp3) is 0.296. The lowest BCUT2D eigenvalue weighted by atomic mass is 9.82. The second-order valence-corrected chi connectivity index (χ2v) is 9.10. The van der Waals surface area contributed by atoms with Crippen LogP contribution >= 0.6 is 0 Å². The lowest BCUT2D eigenvalue weighted by Crippen LogP contribution is -2.49. The van der Waals surface area contributed by atoms with Crippen LogP contribution in [0.4, 0.5) is 16.2 Å². The largest absolute Gasteiger partial charge is 0.497 e. The van der Waals surface area contributed by atoms with Crippen molar-refractivity contribution in [3.63, 3.8) is 0 Å². The van der Waals surface area contributed by atoms with Gasteiger partial charge >= 0.3 is 6.03 Å². The van der Waals surface area contributed by atoms with Crippen LogP contribution in [0.1, 0.15) is 28.4 Å². The van der Waals surface area contributed by atoms with Crippen molar-refractivity contribution >= 4 is 23.3 Å². The lowest BCUT2D eigenvalue weighted by molar-refractivity contribution is 0.0595. The molecule has 2 atom stereocenters. The van der Waals surface area contributed by atoms with E-state index in [1.54, 1.807) is 60.2 Å². The van der Waals surface area contributed by atoms with E-state index in [-0.39, 0.29) is 23.3 Å². The highest BCUT2D eigenvalue weighted by Gasteiger charge is 2.38. The van der Waals surface area contributed by atoms with E-state index in [2.05, 4.69) is 10.6 Å². The molecule has 186 valence electrons. The van der Waals surface area contributed by atoms with Crippen LogP contribution < -0.4 is 25.7 Å². The second-order valence-electron chi connectivity index (χ2n) is 9.10. The number of aromatic nitrogens is 1. The molecule has 0 radical (unpaired) electrons.